The van der Waals surface area contributed by atoms with Gasteiger partial charge in [0.05, 0.1) is 5.75 Å². The van der Waals surface area contributed by atoms with E-state index in [4.69, 9.17) is 5.11 Å². The highest BCUT2D eigenvalue weighted by atomic mass is 32.2. The van der Waals surface area contributed by atoms with Crippen molar-refractivity contribution in [2.45, 2.75) is 18.7 Å². The highest BCUT2D eigenvalue weighted by molar-refractivity contribution is 7.98. The van der Waals surface area contributed by atoms with Crippen LogP contribution in [0.25, 0.3) is 0 Å². The molecule has 0 spiro atoms. The zero-order valence-electron chi connectivity index (χ0n) is 9.58. The van der Waals surface area contributed by atoms with Gasteiger partial charge < -0.3 is 10.4 Å². The normalized spacial score (nSPS) is 12.1. The molecule has 8 heteroatoms. The number of aliphatic carboxylic acids is 1. The molecule has 0 radical (unpaired) electrons. The van der Waals surface area contributed by atoms with Crippen LogP contribution in [0.3, 0.4) is 0 Å². The van der Waals surface area contributed by atoms with Crippen LogP contribution in [0.15, 0.2) is 6.33 Å². The molecule has 0 bridgehead atoms. The van der Waals surface area contributed by atoms with Crippen LogP contribution >= 0.6 is 11.8 Å². The third-order valence-electron chi connectivity index (χ3n) is 2.00. The molecule has 1 rings (SSSR count). The Labute approximate surface area is 103 Å². The summed E-state index contributed by atoms with van der Waals surface area (Å²) in [7, 11) is 1.77. The molecule has 0 saturated carbocycles. The number of carboxylic acid groups (broad SMARTS) is 1. The number of nitrogens with one attached hydrogen (secondary N) is 1. The Hall–Kier alpha value is -1.57. The molecule has 0 aliphatic heterocycles. The monoisotopic (exact) mass is 258 g/mol. The summed E-state index contributed by atoms with van der Waals surface area (Å²) in [6.45, 7) is 1.29. The number of rotatable bonds is 6. The number of thioether (sulfide) groups is 1. The molecule has 0 fully saturated rings. The molecule has 2 N–H and O–H groups in total. The largest absolute Gasteiger partial charge is 0.480 e. The number of carboxylic acids is 1. The molecule has 1 aromatic rings. The minimum absolute atomic E-state index is 0.293. The van der Waals surface area contributed by atoms with Gasteiger partial charge in [-0.2, -0.15) is 16.9 Å². The lowest BCUT2D eigenvalue weighted by Gasteiger charge is -2.12. The molecule has 1 aromatic heterocycles. The van der Waals surface area contributed by atoms with Crippen molar-refractivity contribution in [2.75, 3.05) is 5.75 Å². The Morgan fingerprint density at radius 1 is 1.65 bits per heavy atom. The molecule has 0 unspecified atom stereocenters. The quantitative estimate of drug-likeness (QED) is 0.723. The Morgan fingerprint density at radius 2 is 2.35 bits per heavy atom. The van der Waals surface area contributed by atoms with E-state index in [9.17, 15) is 9.59 Å². The number of aryl methyl sites for hydroxylation is 1. The van der Waals surface area contributed by atoms with Gasteiger partial charge in [0, 0.05) is 19.7 Å². The van der Waals surface area contributed by atoms with Crippen molar-refractivity contribution in [1.82, 2.24) is 20.1 Å². The summed E-state index contributed by atoms with van der Waals surface area (Å²) in [5, 5.41) is 15.1. The Morgan fingerprint density at radius 3 is 2.82 bits per heavy atom. The van der Waals surface area contributed by atoms with Crippen LogP contribution in [-0.2, 0) is 22.4 Å². The molecule has 7 nitrogen and oxygen atoms in total. The summed E-state index contributed by atoms with van der Waals surface area (Å²) >= 11 is 1.38. The zero-order valence-corrected chi connectivity index (χ0v) is 10.4. The van der Waals surface area contributed by atoms with Crippen LogP contribution in [0.4, 0.5) is 0 Å². The number of nitrogens with zero attached hydrogens (tertiary/aromatic N) is 3. The number of carbonyl (C=O) groups is 2. The van der Waals surface area contributed by atoms with E-state index in [1.165, 1.54) is 25.0 Å². The van der Waals surface area contributed by atoms with Crippen molar-refractivity contribution < 1.29 is 14.7 Å². The average molecular weight is 258 g/mol. The second kappa shape index (κ2) is 6.24. The molecule has 17 heavy (non-hydrogen) atoms. The lowest BCUT2D eigenvalue weighted by molar-refractivity contribution is -0.140. The van der Waals surface area contributed by atoms with Gasteiger partial charge in [-0.3, -0.25) is 9.48 Å². The first-order chi connectivity index (χ1) is 8.00. The number of aromatic nitrogens is 3. The van der Waals surface area contributed by atoms with Gasteiger partial charge in [-0.05, 0) is 0 Å². The van der Waals surface area contributed by atoms with Gasteiger partial charge in [-0.25, -0.2) is 9.78 Å². The van der Waals surface area contributed by atoms with E-state index >= 15 is 0 Å². The molecule has 1 atom stereocenters. The summed E-state index contributed by atoms with van der Waals surface area (Å²) < 4.78 is 1.63. The molecule has 0 aromatic carbocycles. The minimum Gasteiger partial charge on any atom is -0.480 e. The topological polar surface area (TPSA) is 97.1 Å². The van der Waals surface area contributed by atoms with E-state index in [1.54, 1.807) is 11.7 Å². The van der Waals surface area contributed by atoms with Gasteiger partial charge in [0.15, 0.2) is 0 Å². The van der Waals surface area contributed by atoms with E-state index < -0.39 is 12.0 Å². The molecule has 1 amide bonds. The smallest absolute Gasteiger partial charge is 0.327 e. The first-order valence-corrected chi connectivity index (χ1v) is 6.06. The molecule has 0 aliphatic carbocycles. The number of hydrogen-bond donors (Lipinski definition) is 2. The molecular weight excluding hydrogens is 244 g/mol. The maximum Gasteiger partial charge on any atom is 0.327 e. The average Bonchev–Trinajstić information content (AvgIpc) is 2.62. The third kappa shape index (κ3) is 4.43. The van der Waals surface area contributed by atoms with Gasteiger partial charge >= 0.3 is 5.97 Å². The van der Waals surface area contributed by atoms with E-state index in [-0.39, 0.29) is 5.91 Å². The summed E-state index contributed by atoms with van der Waals surface area (Å²) in [5.74, 6) is 0.228. The predicted octanol–water partition coefficient (Wildman–Crippen LogP) is -0.362. The van der Waals surface area contributed by atoms with Crippen LogP contribution < -0.4 is 5.32 Å². The van der Waals surface area contributed by atoms with Gasteiger partial charge in [-0.15, -0.1) is 0 Å². The van der Waals surface area contributed by atoms with Crippen LogP contribution in [0, 0.1) is 0 Å². The predicted molar refractivity (Wildman–Crippen MR) is 62.4 cm³/mol. The van der Waals surface area contributed by atoms with Gasteiger partial charge in [0.25, 0.3) is 0 Å². The number of amides is 1. The highest BCUT2D eigenvalue weighted by Gasteiger charge is 2.18. The fourth-order valence-corrected chi connectivity index (χ4v) is 2.16. The lowest BCUT2D eigenvalue weighted by Crippen LogP contribution is -2.41. The van der Waals surface area contributed by atoms with Crippen molar-refractivity contribution in [3.05, 3.63) is 12.2 Å². The first-order valence-electron chi connectivity index (χ1n) is 4.91. The third-order valence-corrected chi connectivity index (χ3v) is 3.03. The Kier molecular flexibility index (Phi) is 4.95. The maximum atomic E-state index is 10.8. The van der Waals surface area contributed by atoms with Crippen LogP contribution in [0.5, 0.6) is 0 Å². The summed E-state index contributed by atoms with van der Waals surface area (Å²) in [4.78, 5) is 25.6. The lowest BCUT2D eigenvalue weighted by atomic mass is 10.3. The standard InChI is InChI=1S/C9H14N4O3S/c1-6(14)12-7(9(15)16)3-17-4-8-10-5-11-13(8)2/h5,7H,3-4H2,1-2H3,(H,12,14)(H,15,16)/t7-/m0/s1. The fraction of sp³-hybridized carbons (Fsp3) is 0.556. The van der Waals surface area contributed by atoms with Crippen LogP contribution in [-0.4, -0.2) is 43.5 Å². The van der Waals surface area contributed by atoms with E-state index in [2.05, 4.69) is 15.4 Å². The van der Waals surface area contributed by atoms with Gasteiger partial charge in [0.2, 0.25) is 5.91 Å². The highest BCUT2D eigenvalue weighted by Crippen LogP contribution is 2.10. The molecule has 0 aliphatic rings. The van der Waals surface area contributed by atoms with E-state index in [0.29, 0.717) is 11.5 Å². The Bertz CT molecular complexity index is 407. The maximum absolute atomic E-state index is 10.8. The second-order valence-corrected chi connectivity index (χ2v) is 4.44. The SMILES string of the molecule is CC(=O)N[C@@H](CSCc1ncnn1C)C(=O)O. The zero-order chi connectivity index (χ0) is 12.8. The summed E-state index contributed by atoms with van der Waals surface area (Å²) in [6.07, 6.45) is 1.44. The van der Waals surface area contributed by atoms with Crippen molar-refractivity contribution in [3.8, 4) is 0 Å². The summed E-state index contributed by atoms with van der Waals surface area (Å²) in [5.41, 5.74) is 0. The van der Waals surface area contributed by atoms with Crippen molar-refractivity contribution in [2.24, 2.45) is 7.05 Å². The van der Waals surface area contributed by atoms with Gasteiger partial charge in [0.1, 0.15) is 18.2 Å². The van der Waals surface area contributed by atoms with Gasteiger partial charge in [-0.1, -0.05) is 0 Å². The molecular formula is C9H14N4O3S. The van der Waals surface area contributed by atoms with Crippen molar-refractivity contribution in [1.29, 1.82) is 0 Å². The van der Waals surface area contributed by atoms with E-state index in [1.807, 2.05) is 0 Å². The van der Waals surface area contributed by atoms with E-state index in [0.717, 1.165) is 5.82 Å². The molecule has 0 saturated heterocycles. The second-order valence-electron chi connectivity index (χ2n) is 3.41. The van der Waals surface area contributed by atoms with Crippen LogP contribution in [0.1, 0.15) is 12.7 Å². The number of hydrogen-bond acceptors (Lipinski definition) is 5. The first kappa shape index (κ1) is 13.5. The summed E-state index contributed by atoms with van der Waals surface area (Å²) in [6, 6.07) is -0.870. The fourth-order valence-electron chi connectivity index (χ4n) is 1.14. The minimum atomic E-state index is -1.04. The number of carbonyl (C=O) groups excluding carboxylic acids is 1. The molecule has 94 valence electrons. The van der Waals surface area contributed by atoms with Crippen LogP contribution in [0.2, 0.25) is 0 Å². The Balaban J connectivity index is 2.40. The molecule has 1 heterocycles. The van der Waals surface area contributed by atoms with Crippen molar-refractivity contribution >= 4 is 23.6 Å². The van der Waals surface area contributed by atoms with Crippen molar-refractivity contribution in [3.63, 3.8) is 0 Å².